The molecule has 1 unspecified atom stereocenters. The van der Waals surface area contributed by atoms with Gasteiger partial charge in [-0.2, -0.15) is 0 Å². The molecule has 1 aromatic carbocycles. The van der Waals surface area contributed by atoms with Crippen LogP contribution in [-0.2, 0) is 16.1 Å². The monoisotopic (exact) mass is 314 g/mol. The topological polar surface area (TPSA) is 98.3 Å². The summed E-state index contributed by atoms with van der Waals surface area (Å²) in [6.45, 7) is 0.371. The van der Waals surface area contributed by atoms with Crippen LogP contribution in [0.25, 0.3) is 11.0 Å². The number of likely N-dealkylation sites (tertiary alicyclic amines) is 1. The quantitative estimate of drug-likeness (QED) is 0.878. The van der Waals surface area contributed by atoms with Gasteiger partial charge in [0.05, 0.1) is 17.2 Å². The average molecular weight is 314 g/mol. The lowest BCUT2D eigenvalue weighted by molar-refractivity contribution is -0.141. The lowest BCUT2D eigenvalue weighted by Crippen LogP contribution is -2.51. The van der Waals surface area contributed by atoms with Crippen molar-refractivity contribution in [1.29, 1.82) is 0 Å². The van der Waals surface area contributed by atoms with Crippen LogP contribution in [0.4, 0.5) is 0 Å². The van der Waals surface area contributed by atoms with Gasteiger partial charge in [0.25, 0.3) is 5.56 Å². The molecule has 2 aromatic rings. The number of piperidine rings is 1. The predicted molar refractivity (Wildman–Crippen MR) is 84.5 cm³/mol. The van der Waals surface area contributed by atoms with Crippen molar-refractivity contribution in [3.63, 3.8) is 0 Å². The zero-order valence-corrected chi connectivity index (χ0v) is 12.6. The molecule has 1 aliphatic heterocycles. The number of nitrogens with zero attached hydrogens (tertiary/aromatic N) is 3. The maximum atomic E-state index is 12.6. The number of fused-ring (bicyclic) bond motifs is 1. The second kappa shape index (κ2) is 6.20. The molecular formula is C16H18N4O3. The van der Waals surface area contributed by atoms with Crippen LogP contribution in [-0.4, -0.2) is 38.9 Å². The van der Waals surface area contributed by atoms with Crippen LogP contribution in [0, 0.1) is 0 Å². The molecule has 23 heavy (non-hydrogen) atoms. The van der Waals surface area contributed by atoms with Crippen LogP contribution in [0.1, 0.15) is 19.3 Å². The minimum atomic E-state index is -0.583. The minimum Gasteiger partial charge on any atom is -0.368 e. The minimum absolute atomic E-state index is 0.119. The van der Waals surface area contributed by atoms with Crippen LogP contribution < -0.4 is 11.3 Å². The van der Waals surface area contributed by atoms with E-state index in [0.717, 1.165) is 12.8 Å². The Morgan fingerprint density at radius 2 is 2.04 bits per heavy atom. The van der Waals surface area contributed by atoms with Gasteiger partial charge in [-0.1, -0.05) is 12.1 Å². The molecule has 0 spiro atoms. The summed E-state index contributed by atoms with van der Waals surface area (Å²) in [4.78, 5) is 41.8. The van der Waals surface area contributed by atoms with Crippen molar-refractivity contribution in [3.8, 4) is 0 Å². The van der Waals surface area contributed by atoms with Crippen LogP contribution in [0.15, 0.2) is 35.3 Å². The third-order valence-electron chi connectivity index (χ3n) is 4.20. The fourth-order valence-electron chi connectivity index (χ4n) is 3.03. The number of hydrogen-bond acceptors (Lipinski definition) is 4. The van der Waals surface area contributed by atoms with Gasteiger partial charge >= 0.3 is 0 Å². The van der Waals surface area contributed by atoms with E-state index in [4.69, 9.17) is 5.73 Å². The maximum Gasteiger partial charge on any atom is 0.269 e. The normalized spacial score (nSPS) is 18.1. The van der Waals surface area contributed by atoms with Crippen molar-refractivity contribution in [2.45, 2.75) is 31.8 Å². The van der Waals surface area contributed by atoms with Gasteiger partial charge in [-0.05, 0) is 31.4 Å². The molecule has 0 aliphatic carbocycles. The summed E-state index contributed by atoms with van der Waals surface area (Å²) >= 11 is 0. The summed E-state index contributed by atoms with van der Waals surface area (Å²) in [7, 11) is 0. The molecule has 0 saturated carbocycles. The van der Waals surface area contributed by atoms with Crippen LogP contribution in [0.3, 0.4) is 0 Å². The standard InChI is InChI=1S/C16H18N4O3/c17-16(23)13-7-3-4-8-19(13)15(22)10-20-12-6-2-1-5-11(12)18-9-14(20)21/h1-2,5-6,9,13H,3-4,7-8,10H2,(H2,17,23). The highest BCUT2D eigenvalue weighted by Crippen LogP contribution is 2.18. The highest BCUT2D eigenvalue weighted by atomic mass is 16.2. The number of para-hydroxylation sites is 2. The highest BCUT2D eigenvalue weighted by Gasteiger charge is 2.30. The molecule has 2 amide bonds. The SMILES string of the molecule is NC(=O)C1CCCCN1C(=O)Cn1c(=O)cnc2ccccc21. The number of amides is 2. The number of carbonyl (C=O) groups is 2. The van der Waals surface area contributed by atoms with E-state index in [1.807, 2.05) is 6.07 Å². The first kappa shape index (κ1) is 15.2. The summed E-state index contributed by atoms with van der Waals surface area (Å²) in [6.07, 6.45) is 3.49. The fourth-order valence-corrected chi connectivity index (χ4v) is 3.03. The molecule has 1 aromatic heterocycles. The summed E-state index contributed by atoms with van der Waals surface area (Å²) in [6, 6.07) is 6.55. The zero-order chi connectivity index (χ0) is 16.4. The maximum absolute atomic E-state index is 12.6. The third-order valence-corrected chi connectivity index (χ3v) is 4.20. The number of hydrogen-bond donors (Lipinski definition) is 1. The van der Waals surface area contributed by atoms with Crippen molar-refractivity contribution in [1.82, 2.24) is 14.5 Å². The smallest absolute Gasteiger partial charge is 0.269 e. The molecule has 7 heteroatoms. The number of rotatable bonds is 3. The van der Waals surface area contributed by atoms with Crippen molar-refractivity contribution in [3.05, 3.63) is 40.8 Å². The van der Waals surface area contributed by atoms with E-state index in [9.17, 15) is 14.4 Å². The van der Waals surface area contributed by atoms with E-state index in [2.05, 4.69) is 4.98 Å². The van der Waals surface area contributed by atoms with Gasteiger partial charge < -0.3 is 10.6 Å². The Bertz CT molecular complexity index is 814. The van der Waals surface area contributed by atoms with Gasteiger partial charge in [0.15, 0.2) is 0 Å². The number of benzene rings is 1. The molecule has 1 aliphatic rings. The molecular weight excluding hydrogens is 296 g/mol. The zero-order valence-electron chi connectivity index (χ0n) is 12.6. The van der Waals surface area contributed by atoms with E-state index in [-0.39, 0.29) is 18.0 Å². The summed E-state index contributed by atoms with van der Waals surface area (Å²) < 4.78 is 1.39. The summed E-state index contributed by atoms with van der Waals surface area (Å²) in [5.41, 5.74) is 6.30. The van der Waals surface area contributed by atoms with Gasteiger partial charge in [-0.3, -0.25) is 19.0 Å². The third kappa shape index (κ3) is 2.94. The molecule has 3 rings (SSSR count). The van der Waals surface area contributed by atoms with Crippen LogP contribution >= 0.6 is 0 Å². The predicted octanol–water partition coefficient (Wildman–Crippen LogP) is 0.263. The Labute approximate surface area is 132 Å². The van der Waals surface area contributed by atoms with E-state index < -0.39 is 11.9 Å². The lowest BCUT2D eigenvalue weighted by atomic mass is 10.0. The second-order valence-corrected chi connectivity index (χ2v) is 5.67. The molecule has 0 radical (unpaired) electrons. The molecule has 2 heterocycles. The average Bonchev–Trinajstić information content (AvgIpc) is 2.57. The molecule has 1 saturated heterocycles. The van der Waals surface area contributed by atoms with E-state index in [1.165, 1.54) is 15.7 Å². The van der Waals surface area contributed by atoms with E-state index >= 15 is 0 Å². The Hall–Kier alpha value is -2.70. The number of primary amides is 1. The molecule has 7 nitrogen and oxygen atoms in total. The van der Waals surface area contributed by atoms with Crippen molar-refractivity contribution in [2.24, 2.45) is 5.73 Å². The lowest BCUT2D eigenvalue weighted by Gasteiger charge is -2.33. The summed E-state index contributed by atoms with van der Waals surface area (Å²) in [5, 5.41) is 0. The van der Waals surface area contributed by atoms with Crippen molar-refractivity contribution in [2.75, 3.05) is 6.54 Å². The van der Waals surface area contributed by atoms with Gasteiger partial charge in [0.1, 0.15) is 12.6 Å². The van der Waals surface area contributed by atoms with Gasteiger partial charge in [0, 0.05) is 6.54 Å². The fraction of sp³-hybridized carbons (Fsp3) is 0.375. The molecule has 1 fully saturated rings. The van der Waals surface area contributed by atoms with Crippen molar-refractivity contribution >= 4 is 22.8 Å². The first-order valence-corrected chi connectivity index (χ1v) is 7.61. The molecule has 0 bridgehead atoms. The van der Waals surface area contributed by atoms with Gasteiger partial charge in [-0.25, -0.2) is 4.98 Å². The first-order valence-electron chi connectivity index (χ1n) is 7.61. The van der Waals surface area contributed by atoms with Crippen LogP contribution in [0.2, 0.25) is 0 Å². The molecule has 1 atom stereocenters. The van der Waals surface area contributed by atoms with E-state index in [1.54, 1.807) is 18.2 Å². The molecule has 120 valence electrons. The second-order valence-electron chi connectivity index (χ2n) is 5.67. The van der Waals surface area contributed by atoms with Gasteiger partial charge in [0.2, 0.25) is 11.8 Å². The Morgan fingerprint density at radius 1 is 1.26 bits per heavy atom. The largest absolute Gasteiger partial charge is 0.368 e. The van der Waals surface area contributed by atoms with Crippen molar-refractivity contribution < 1.29 is 9.59 Å². The Kier molecular flexibility index (Phi) is 4.10. The van der Waals surface area contributed by atoms with E-state index in [0.29, 0.717) is 24.0 Å². The Balaban J connectivity index is 1.92. The van der Waals surface area contributed by atoms with Gasteiger partial charge in [-0.15, -0.1) is 0 Å². The first-order chi connectivity index (χ1) is 11.1. The number of aromatic nitrogens is 2. The number of carbonyl (C=O) groups excluding carboxylic acids is 2. The van der Waals surface area contributed by atoms with Crippen LogP contribution in [0.5, 0.6) is 0 Å². The molecule has 2 N–H and O–H groups in total. The highest BCUT2D eigenvalue weighted by molar-refractivity contribution is 5.87. The summed E-state index contributed by atoms with van der Waals surface area (Å²) in [5.74, 6) is -0.767. The Morgan fingerprint density at radius 3 is 2.83 bits per heavy atom. The number of nitrogens with two attached hydrogens (primary N) is 1.